The van der Waals surface area contributed by atoms with Crippen LogP contribution < -0.4 is 5.32 Å². The summed E-state index contributed by atoms with van der Waals surface area (Å²) < 4.78 is 5.06. The van der Waals surface area contributed by atoms with Crippen molar-refractivity contribution in [3.63, 3.8) is 0 Å². The van der Waals surface area contributed by atoms with E-state index in [0.29, 0.717) is 18.5 Å². The largest absolute Gasteiger partial charge is 0.481 e. The number of carbonyl (C=O) groups is 2. The normalized spacial score (nSPS) is 13.6. The zero-order chi connectivity index (χ0) is 15.1. The fraction of sp³-hybridized carbons (Fsp3) is 0.467. The van der Waals surface area contributed by atoms with Crippen LogP contribution in [0.3, 0.4) is 0 Å². The van der Waals surface area contributed by atoms with Gasteiger partial charge in [-0.15, -0.1) is 0 Å². The third-order valence-corrected chi connectivity index (χ3v) is 3.13. The number of amides is 1. The number of anilines is 1. The van der Waals surface area contributed by atoms with Gasteiger partial charge in [0.1, 0.15) is 6.10 Å². The van der Waals surface area contributed by atoms with E-state index in [1.807, 2.05) is 19.1 Å². The maximum atomic E-state index is 11.8. The molecule has 20 heavy (non-hydrogen) atoms. The topological polar surface area (TPSA) is 75.6 Å². The molecule has 1 amide bonds. The van der Waals surface area contributed by atoms with Gasteiger partial charge in [-0.25, -0.2) is 0 Å². The van der Waals surface area contributed by atoms with Crippen molar-refractivity contribution >= 4 is 17.6 Å². The fourth-order valence-electron chi connectivity index (χ4n) is 1.85. The number of rotatable bonds is 7. The van der Waals surface area contributed by atoms with Gasteiger partial charge in [-0.05, 0) is 30.5 Å². The molecule has 1 aromatic rings. The fourth-order valence-corrected chi connectivity index (χ4v) is 1.85. The van der Waals surface area contributed by atoms with Crippen molar-refractivity contribution < 1.29 is 19.4 Å². The van der Waals surface area contributed by atoms with Crippen LogP contribution in [0.4, 0.5) is 5.69 Å². The highest BCUT2D eigenvalue weighted by atomic mass is 16.5. The van der Waals surface area contributed by atoms with Crippen LogP contribution in [0.1, 0.15) is 25.8 Å². The Morgan fingerprint density at radius 1 is 1.30 bits per heavy atom. The second-order valence-corrected chi connectivity index (χ2v) is 4.76. The average Bonchev–Trinajstić information content (AvgIpc) is 2.42. The van der Waals surface area contributed by atoms with Gasteiger partial charge in [-0.2, -0.15) is 0 Å². The molecule has 0 fully saturated rings. The van der Waals surface area contributed by atoms with Gasteiger partial charge in [-0.3, -0.25) is 9.59 Å². The van der Waals surface area contributed by atoms with Crippen molar-refractivity contribution in [3.05, 3.63) is 29.8 Å². The summed E-state index contributed by atoms with van der Waals surface area (Å²) >= 11 is 0. The van der Waals surface area contributed by atoms with Gasteiger partial charge < -0.3 is 15.2 Å². The Morgan fingerprint density at radius 3 is 2.35 bits per heavy atom. The molecule has 2 atom stereocenters. The van der Waals surface area contributed by atoms with Crippen LogP contribution in [0.25, 0.3) is 0 Å². The maximum absolute atomic E-state index is 11.8. The number of carbonyl (C=O) groups excluding carboxylic acids is 1. The maximum Gasteiger partial charge on any atom is 0.306 e. The Labute approximate surface area is 118 Å². The highest BCUT2D eigenvalue weighted by molar-refractivity contribution is 5.94. The molecule has 0 heterocycles. The molecule has 110 valence electrons. The highest BCUT2D eigenvalue weighted by Crippen LogP contribution is 2.14. The first-order valence-electron chi connectivity index (χ1n) is 6.63. The van der Waals surface area contributed by atoms with Gasteiger partial charge in [0.05, 0.1) is 5.92 Å². The lowest BCUT2D eigenvalue weighted by Crippen LogP contribution is -2.28. The molecule has 0 aliphatic carbocycles. The molecule has 0 bridgehead atoms. The summed E-state index contributed by atoms with van der Waals surface area (Å²) in [5, 5.41) is 11.6. The second-order valence-electron chi connectivity index (χ2n) is 4.76. The molecular weight excluding hydrogens is 258 g/mol. The summed E-state index contributed by atoms with van der Waals surface area (Å²) in [6.45, 7) is 3.55. The minimum absolute atomic E-state index is 0.179. The molecule has 0 saturated carbocycles. The SMILES string of the molecule is CCC(OC)C(=O)Nc1ccc(CC(C)C(=O)O)cc1. The molecule has 0 aliphatic rings. The number of nitrogens with one attached hydrogen (secondary N) is 1. The van der Waals surface area contributed by atoms with Crippen molar-refractivity contribution in [3.8, 4) is 0 Å². The van der Waals surface area contributed by atoms with Crippen molar-refractivity contribution in [1.29, 1.82) is 0 Å². The smallest absolute Gasteiger partial charge is 0.306 e. The zero-order valence-corrected chi connectivity index (χ0v) is 12.1. The number of benzene rings is 1. The number of hydrogen-bond donors (Lipinski definition) is 2. The third kappa shape index (κ3) is 4.66. The minimum atomic E-state index is -0.812. The predicted octanol–water partition coefficient (Wildman–Crippen LogP) is 2.31. The molecule has 0 aromatic heterocycles. The number of ether oxygens (including phenoxy) is 1. The number of carboxylic acids is 1. The van der Waals surface area contributed by atoms with Crippen molar-refractivity contribution in [2.45, 2.75) is 32.8 Å². The van der Waals surface area contributed by atoms with E-state index in [1.165, 1.54) is 7.11 Å². The lowest BCUT2D eigenvalue weighted by molar-refractivity contribution is -0.141. The number of hydrogen-bond acceptors (Lipinski definition) is 3. The van der Waals surface area contributed by atoms with Gasteiger partial charge in [0.2, 0.25) is 0 Å². The van der Waals surface area contributed by atoms with Crippen LogP contribution >= 0.6 is 0 Å². The molecule has 0 spiro atoms. The van der Waals surface area contributed by atoms with Gasteiger partial charge in [0.25, 0.3) is 5.91 Å². The first kappa shape index (κ1) is 16.2. The van der Waals surface area contributed by atoms with E-state index < -0.39 is 18.0 Å². The number of aliphatic carboxylic acids is 1. The zero-order valence-electron chi connectivity index (χ0n) is 12.1. The quantitative estimate of drug-likeness (QED) is 0.803. The minimum Gasteiger partial charge on any atom is -0.481 e. The molecule has 0 radical (unpaired) electrons. The van der Waals surface area contributed by atoms with Crippen LogP contribution in [0.2, 0.25) is 0 Å². The summed E-state index contributed by atoms with van der Waals surface area (Å²) in [6, 6.07) is 7.18. The summed E-state index contributed by atoms with van der Waals surface area (Å²) in [4.78, 5) is 22.6. The lowest BCUT2D eigenvalue weighted by atomic mass is 10.0. The summed E-state index contributed by atoms with van der Waals surface area (Å²) in [7, 11) is 1.50. The number of carboxylic acid groups (broad SMARTS) is 1. The standard InChI is InChI=1S/C15H21NO4/c1-4-13(20-3)14(17)16-12-7-5-11(6-8-12)9-10(2)15(18)19/h5-8,10,13H,4,9H2,1-3H3,(H,16,17)(H,18,19). The summed E-state index contributed by atoms with van der Waals surface area (Å²) in [5.41, 5.74) is 1.61. The Hall–Kier alpha value is -1.88. The molecule has 1 rings (SSSR count). The molecule has 0 saturated heterocycles. The molecule has 5 nitrogen and oxygen atoms in total. The molecular formula is C15H21NO4. The van der Waals surface area contributed by atoms with E-state index in [-0.39, 0.29) is 5.91 Å². The third-order valence-electron chi connectivity index (χ3n) is 3.13. The van der Waals surface area contributed by atoms with Crippen LogP contribution in [-0.2, 0) is 20.7 Å². The Morgan fingerprint density at radius 2 is 1.90 bits per heavy atom. The monoisotopic (exact) mass is 279 g/mol. The van der Waals surface area contributed by atoms with E-state index in [1.54, 1.807) is 19.1 Å². The Balaban J connectivity index is 2.63. The molecule has 2 unspecified atom stereocenters. The van der Waals surface area contributed by atoms with E-state index in [9.17, 15) is 9.59 Å². The second kappa shape index (κ2) is 7.65. The Kier molecular flexibility index (Phi) is 6.18. The van der Waals surface area contributed by atoms with Gasteiger partial charge in [-0.1, -0.05) is 26.0 Å². The Bertz CT molecular complexity index is 451. The van der Waals surface area contributed by atoms with Gasteiger partial charge >= 0.3 is 5.97 Å². The van der Waals surface area contributed by atoms with E-state index in [2.05, 4.69) is 5.32 Å². The first-order chi connectivity index (χ1) is 9.47. The van der Waals surface area contributed by atoms with Gasteiger partial charge in [0.15, 0.2) is 0 Å². The van der Waals surface area contributed by atoms with Crippen molar-refractivity contribution in [1.82, 2.24) is 0 Å². The van der Waals surface area contributed by atoms with E-state index in [0.717, 1.165) is 5.56 Å². The summed E-state index contributed by atoms with van der Waals surface area (Å²) in [6.07, 6.45) is 0.622. The number of methoxy groups -OCH3 is 1. The van der Waals surface area contributed by atoms with Crippen LogP contribution in [-0.4, -0.2) is 30.2 Å². The molecule has 5 heteroatoms. The molecule has 2 N–H and O–H groups in total. The van der Waals surface area contributed by atoms with Crippen LogP contribution in [0.15, 0.2) is 24.3 Å². The van der Waals surface area contributed by atoms with Crippen molar-refractivity contribution in [2.24, 2.45) is 5.92 Å². The average molecular weight is 279 g/mol. The van der Waals surface area contributed by atoms with Crippen molar-refractivity contribution in [2.75, 3.05) is 12.4 Å². The van der Waals surface area contributed by atoms with E-state index >= 15 is 0 Å². The summed E-state index contributed by atoms with van der Waals surface area (Å²) in [5.74, 6) is -1.41. The molecule has 1 aromatic carbocycles. The predicted molar refractivity (Wildman–Crippen MR) is 76.7 cm³/mol. The molecule has 0 aliphatic heterocycles. The van der Waals surface area contributed by atoms with Crippen LogP contribution in [0.5, 0.6) is 0 Å². The highest BCUT2D eigenvalue weighted by Gasteiger charge is 2.15. The lowest BCUT2D eigenvalue weighted by Gasteiger charge is -2.13. The first-order valence-corrected chi connectivity index (χ1v) is 6.63. The van der Waals surface area contributed by atoms with E-state index in [4.69, 9.17) is 9.84 Å². The van der Waals surface area contributed by atoms with Crippen LogP contribution in [0, 0.1) is 5.92 Å². The van der Waals surface area contributed by atoms with Gasteiger partial charge in [0, 0.05) is 12.8 Å².